The molecule has 2 aromatic heterocycles. The maximum Gasteiger partial charge on any atom is 0.253 e. The Kier molecular flexibility index (Phi) is 9.70. The first-order valence-corrected chi connectivity index (χ1v) is 14.7. The molecule has 2 heterocycles. The molecule has 5 rings (SSSR count). The smallest absolute Gasteiger partial charge is 0.253 e. The summed E-state index contributed by atoms with van der Waals surface area (Å²) in [5.74, 6) is 0.298. The van der Waals surface area contributed by atoms with Gasteiger partial charge in [-0.2, -0.15) is 4.98 Å². The number of nitrogens with zero attached hydrogens (tertiary/aromatic N) is 5. The quantitative estimate of drug-likeness (QED) is 0.204. The van der Waals surface area contributed by atoms with Gasteiger partial charge in [-0.15, -0.1) is 5.10 Å². The van der Waals surface area contributed by atoms with Crippen molar-refractivity contribution in [3.63, 3.8) is 0 Å². The molecule has 2 amide bonds. The number of pyridine rings is 1. The number of methoxy groups -OCH3 is 1. The minimum absolute atomic E-state index is 0.0582. The van der Waals surface area contributed by atoms with Crippen molar-refractivity contribution >= 4 is 34.9 Å². The van der Waals surface area contributed by atoms with E-state index in [2.05, 4.69) is 15.4 Å². The average molecular weight is 623 g/mol. The molecule has 46 heavy (non-hydrogen) atoms. The zero-order valence-corrected chi connectivity index (χ0v) is 26.2. The Morgan fingerprint density at radius 2 is 1.48 bits per heavy atom. The number of ketones is 1. The maximum atomic E-state index is 13.1. The summed E-state index contributed by atoms with van der Waals surface area (Å²) < 4.78 is 20.4. The summed E-state index contributed by atoms with van der Waals surface area (Å²) in [5, 5.41) is 7.75. The molecule has 0 bridgehead atoms. The van der Waals surface area contributed by atoms with Crippen LogP contribution in [0.15, 0.2) is 85.1 Å². The molecular weight excluding hydrogens is 587 g/mol. The van der Waals surface area contributed by atoms with E-state index in [4.69, 9.17) is 4.74 Å². The third kappa shape index (κ3) is 7.73. The number of fused-ring (bicyclic) bond motifs is 1. The minimum Gasteiger partial charge on any atom is -0.495 e. The summed E-state index contributed by atoms with van der Waals surface area (Å²) in [4.78, 5) is 44.6. The minimum atomic E-state index is -0.319. The van der Waals surface area contributed by atoms with Gasteiger partial charge >= 0.3 is 0 Å². The fourth-order valence-electron chi connectivity index (χ4n) is 4.87. The second kappa shape index (κ2) is 14.0. The van der Waals surface area contributed by atoms with E-state index in [1.54, 1.807) is 58.7 Å². The van der Waals surface area contributed by atoms with E-state index in [0.717, 1.165) is 22.3 Å². The highest BCUT2D eigenvalue weighted by Crippen LogP contribution is 2.29. The topological polar surface area (TPSA) is 109 Å². The van der Waals surface area contributed by atoms with Gasteiger partial charge in [0.25, 0.3) is 5.91 Å². The fourth-order valence-corrected chi connectivity index (χ4v) is 4.87. The van der Waals surface area contributed by atoms with Crippen molar-refractivity contribution in [3.8, 4) is 16.9 Å². The summed E-state index contributed by atoms with van der Waals surface area (Å²) in [6.45, 7) is 2.32. The zero-order chi connectivity index (χ0) is 32.8. The molecular formula is C35H35FN6O4. The molecule has 0 atom stereocenters. The van der Waals surface area contributed by atoms with Gasteiger partial charge < -0.3 is 19.9 Å². The summed E-state index contributed by atoms with van der Waals surface area (Å²) in [6, 6.07) is 22.7. The Balaban J connectivity index is 1.24. The van der Waals surface area contributed by atoms with Crippen LogP contribution in [0.3, 0.4) is 0 Å². The van der Waals surface area contributed by atoms with Gasteiger partial charge in [-0.05, 0) is 59.2 Å². The standard InChI is InChI=1S/C35H35FN6O4/c1-23(43)40(2)17-18-41(3)34(45)27-11-15-31(32(21-27)46-4)37-35-38-33-16-12-28(22-42(33)39-35)26-9-5-24(6-10-26)19-30(44)20-25-7-13-29(36)14-8-25/h5-16,21-22H,17-20H2,1-4H3,(H,37,39). The molecule has 0 saturated carbocycles. The van der Waals surface area contributed by atoms with Gasteiger partial charge in [-0.3, -0.25) is 14.4 Å². The number of carbonyl (C=O) groups excluding carboxylic acids is 3. The molecule has 0 aliphatic heterocycles. The van der Waals surface area contributed by atoms with Crippen molar-refractivity contribution in [2.45, 2.75) is 19.8 Å². The first-order chi connectivity index (χ1) is 22.1. The van der Waals surface area contributed by atoms with Crippen LogP contribution in [0.25, 0.3) is 16.8 Å². The first kappa shape index (κ1) is 31.8. The number of likely N-dealkylation sites (N-methyl/N-ethyl adjacent to an activating group) is 2. The molecule has 0 unspecified atom stereocenters. The number of hydrogen-bond acceptors (Lipinski definition) is 7. The number of hydrogen-bond donors (Lipinski definition) is 1. The number of halogens is 1. The molecule has 236 valence electrons. The molecule has 1 N–H and O–H groups in total. The lowest BCUT2D eigenvalue weighted by molar-refractivity contribution is -0.127. The van der Waals surface area contributed by atoms with Crippen LogP contribution >= 0.6 is 0 Å². The van der Waals surface area contributed by atoms with Gasteiger partial charge in [-0.25, -0.2) is 8.91 Å². The Labute approximate surface area is 266 Å². The SMILES string of the molecule is COc1cc(C(=O)N(C)CCN(C)C(C)=O)ccc1Nc1nc2ccc(-c3ccc(CC(=O)Cc4ccc(F)cc4)cc3)cn2n1. The molecule has 11 heteroatoms. The fraction of sp³-hybridized carbons (Fsp3) is 0.229. The van der Waals surface area contributed by atoms with Gasteiger partial charge in [0.15, 0.2) is 5.65 Å². The van der Waals surface area contributed by atoms with Gasteiger partial charge in [0.05, 0.1) is 12.8 Å². The Hall–Kier alpha value is -5.58. The summed E-state index contributed by atoms with van der Waals surface area (Å²) in [5.41, 5.74) is 5.26. The molecule has 0 radical (unpaired) electrons. The van der Waals surface area contributed by atoms with Gasteiger partial charge in [0.1, 0.15) is 17.3 Å². The maximum absolute atomic E-state index is 13.1. The molecule has 0 saturated heterocycles. The second-order valence-electron chi connectivity index (χ2n) is 11.1. The largest absolute Gasteiger partial charge is 0.495 e. The third-order valence-corrected chi connectivity index (χ3v) is 7.68. The van der Waals surface area contributed by atoms with Crippen LogP contribution in [0.2, 0.25) is 0 Å². The molecule has 0 spiro atoms. The van der Waals surface area contributed by atoms with Crippen LogP contribution in [0.1, 0.15) is 28.4 Å². The number of Topliss-reactive ketones (excluding diaryl/α,β-unsaturated/α-hetero) is 1. The average Bonchev–Trinajstić information content (AvgIpc) is 3.46. The van der Waals surface area contributed by atoms with Crippen molar-refractivity contribution in [2.24, 2.45) is 0 Å². The predicted molar refractivity (Wildman–Crippen MR) is 174 cm³/mol. The molecule has 0 fully saturated rings. The highest BCUT2D eigenvalue weighted by atomic mass is 19.1. The van der Waals surface area contributed by atoms with E-state index in [9.17, 15) is 18.8 Å². The highest BCUT2D eigenvalue weighted by Gasteiger charge is 2.17. The Bertz CT molecular complexity index is 1870. The number of benzene rings is 3. The van der Waals surface area contributed by atoms with Crippen LogP contribution in [0.5, 0.6) is 5.75 Å². The van der Waals surface area contributed by atoms with Crippen LogP contribution in [0, 0.1) is 5.82 Å². The monoisotopic (exact) mass is 622 g/mol. The number of carbonyl (C=O) groups is 3. The molecule has 10 nitrogen and oxygen atoms in total. The predicted octanol–water partition coefficient (Wildman–Crippen LogP) is 5.19. The third-order valence-electron chi connectivity index (χ3n) is 7.68. The van der Waals surface area contributed by atoms with Crippen LogP contribution in [0.4, 0.5) is 16.0 Å². The highest BCUT2D eigenvalue weighted by molar-refractivity contribution is 5.95. The summed E-state index contributed by atoms with van der Waals surface area (Å²) in [6.07, 6.45) is 2.43. The Morgan fingerprint density at radius 3 is 2.13 bits per heavy atom. The van der Waals surface area contributed by atoms with E-state index in [1.807, 2.05) is 42.6 Å². The normalized spacial score (nSPS) is 10.9. The van der Waals surface area contributed by atoms with E-state index in [1.165, 1.54) is 26.2 Å². The number of nitrogens with one attached hydrogen (secondary N) is 1. The number of anilines is 2. The zero-order valence-electron chi connectivity index (χ0n) is 26.2. The van der Waals surface area contributed by atoms with Crippen molar-refractivity contribution in [1.82, 2.24) is 24.4 Å². The van der Waals surface area contributed by atoms with E-state index in [-0.39, 0.29) is 29.8 Å². The van der Waals surface area contributed by atoms with Gasteiger partial charge in [-0.1, -0.05) is 36.4 Å². The van der Waals surface area contributed by atoms with E-state index in [0.29, 0.717) is 48.1 Å². The molecule has 5 aromatic rings. The van der Waals surface area contributed by atoms with Crippen molar-refractivity contribution < 1.29 is 23.5 Å². The molecule has 0 aliphatic carbocycles. The number of ether oxygens (including phenoxy) is 1. The first-order valence-electron chi connectivity index (χ1n) is 14.7. The lowest BCUT2D eigenvalue weighted by Gasteiger charge is -2.22. The Morgan fingerprint density at radius 1 is 0.848 bits per heavy atom. The number of amides is 2. The summed E-state index contributed by atoms with van der Waals surface area (Å²) >= 11 is 0. The van der Waals surface area contributed by atoms with Gasteiger partial charge in [0.2, 0.25) is 11.9 Å². The van der Waals surface area contributed by atoms with Crippen molar-refractivity contribution in [2.75, 3.05) is 39.6 Å². The van der Waals surface area contributed by atoms with Crippen LogP contribution < -0.4 is 10.1 Å². The second-order valence-corrected chi connectivity index (χ2v) is 11.1. The summed E-state index contributed by atoms with van der Waals surface area (Å²) in [7, 11) is 4.91. The molecule has 3 aromatic carbocycles. The lowest BCUT2D eigenvalue weighted by Crippen LogP contribution is -2.36. The van der Waals surface area contributed by atoms with E-state index < -0.39 is 0 Å². The van der Waals surface area contributed by atoms with Crippen LogP contribution in [-0.4, -0.2) is 76.3 Å². The van der Waals surface area contributed by atoms with E-state index >= 15 is 0 Å². The molecule has 0 aliphatic rings. The lowest BCUT2D eigenvalue weighted by atomic mass is 10.0. The van der Waals surface area contributed by atoms with Crippen molar-refractivity contribution in [3.05, 3.63) is 108 Å². The number of rotatable bonds is 12. The van der Waals surface area contributed by atoms with Crippen molar-refractivity contribution in [1.29, 1.82) is 0 Å². The number of aromatic nitrogens is 3. The van der Waals surface area contributed by atoms with Crippen LogP contribution in [-0.2, 0) is 22.4 Å². The van der Waals surface area contributed by atoms with Gasteiger partial charge in [0, 0.05) is 64.3 Å².